The molecule has 0 amide bonds. The van der Waals surface area contributed by atoms with Crippen LogP contribution in [-0.2, 0) is 6.42 Å². The Labute approximate surface area is 147 Å². The number of ether oxygens (including phenoxy) is 1. The SMILES string of the molecule is Fc1ccc(CCC2CCN(C3CCOc4ccc(F)cc43)C2)cc1. The van der Waals surface area contributed by atoms with E-state index in [0.717, 1.165) is 43.7 Å². The van der Waals surface area contributed by atoms with Crippen LogP contribution in [0.15, 0.2) is 42.5 Å². The third kappa shape index (κ3) is 3.69. The van der Waals surface area contributed by atoms with Gasteiger partial charge in [-0.05, 0) is 67.6 Å². The Morgan fingerprint density at radius 2 is 1.80 bits per heavy atom. The molecule has 4 rings (SSSR count). The van der Waals surface area contributed by atoms with E-state index in [0.29, 0.717) is 12.5 Å². The Hall–Kier alpha value is -1.94. The van der Waals surface area contributed by atoms with Crippen LogP contribution in [0.3, 0.4) is 0 Å². The fraction of sp³-hybridized carbons (Fsp3) is 0.429. The molecule has 0 radical (unpaired) electrons. The summed E-state index contributed by atoms with van der Waals surface area (Å²) in [5.41, 5.74) is 2.18. The second kappa shape index (κ2) is 7.12. The van der Waals surface area contributed by atoms with Gasteiger partial charge in [0.15, 0.2) is 0 Å². The molecule has 0 spiro atoms. The first-order chi connectivity index (χ1) is 12.2. The van der Waals surface area contributed by atoms with Gasteiger partial charge in [-0.25, -0.2) is 8.78 Å². The number of nitrogens with zero attached hydrogens (tertiary/aromatic N) is 1. The Bertz CT molecular complexity index is 731. The molecule has 2 aliphatic rings. The standard InChI is InChI=1S/C21H23F2NO/c22-17-5-3-15(4-6-17)1-2-16-9-11-24(14-16)20-10-12-25-21-8-7-18(23)13-19(20)21/h3-8,13,16,20H,1-2,9-12,14H2. The van der Waals surface area contributed by atoms with Gasteiger partial charge in [0.1, 0.15) is 17.4 Å². The molecular formula is C21H23F2NO. The van der Waals surface area contributed by atoms with Crippen LogP contribution in [-0.4, -0.2) is 24.6 Å². The van der Waals surface area contributed by atoms with E-state index in [-0.39, 0.29) is 17.7 Å². The largest absolute Gasteiger partial charge is 0.493 e. The highest BCUT2D eigenvalue weighted by Gasteiger charge is 2.32. The first-order valence-corrected chi connectivity index (χ1v) is 9.10. The molecule has 2 unspecified atom stereocenters. The van der Waals surface area contributed by atoms with Gasteiger partial charge < -0.3 is 4.74 Å². The molecule has 0 saturated carbocycles. The molecule has 2 aromatic rings. The summed E-state index contributed by atoms with van der Waals surface area (Å²) in [5, 5.41) is 0. The lowest BCUT2D eigenvalue weighted by atomic mass is 9.97. The topological polar surface area (TPSA) is 12.5 Å². The van der Waals surface area contributed by atoms with Gasteiger partial charge in [-0.1, -0.05) is 12.1 Å². The summed E-state index contributed by atoms with van der Waals surface area (Å²) < 4.78 is 32.3. The minimum Gasteiger partial charge on any atom is -0.493 e. The van der Waals surface area contributed by atoms with E-state index in [1.54, 1.807) is 12.1 Å². The van der Waals surface area contributed by atoms with Crippen LogP contribution in [0.4, 0.5) is 8.78 Å². The summed E-state index contributed by atoms with van der Waals surface area (Å²) in [4.78, 5) is 2.48. The molecular weight excluding hydrogens is 320 g/mol. The van der Waals surface area contributed by atoms with Crippen molar-refractivity contribution in [2.75, 3.05) is 19.7 Å². The summed E-state index contributed by atoms with van der Waals surface area (Å²) in [7, 11) is 0. The normalized spacial score (nSPS) is 23.3. The number of aryl methyl sites for hydroxylation is 1. The lowest BCUT2D eigenvalue weighted by molar-refractivity contribution is 0.160. The van der Waals surface area contributed by atoms with Crippen molar-refractivity contribution in [3.8, 4) is 5.75 Å². The molecule has 2 nitrogen and oxygen atoms in total. The quantitative estimate of drug-likeness (QED) is 0.795. The fourth-order valence-electron chi connectivity index (χ4n) is 4.13. The van der Waals surface area contributed by atoms with Gasteiger partial charge >= 0.3 is 0 Å². The zero-order valence-corrected chi connectivity index (χ0v) is 14.3. The van der Waals surface area contributed by atoms with Gasteiger partial charge in [-0.15, -0.1) is 0 Å². The lowest BCUT2D eigenvalue weighted by Crippen LogP contribution is -2.31. The van der Waals surface area contributed by atoms with E-state index < -0.39 is 0 Å². The van der Waals surface area contributed by atoms with Crippen molar-refractivity contribution in [1.82, 2.24) is 4.90 Å². The van der Waals surface area contributed by atoms with E-state index >= 15 is 0 Å². The summed E-state index contributed by atoms with van der Waals surface area (Å²) in [6, 6.07) is 11.9. The number of hydrogen-bond donors (Lipinski definition) is 0. The monoisotopic (exact) mass is 343 g/mol. The number of fused-ring (bicyclic) bond motifs is 1. The molecule has 1 fully saturated rings. The van der Waals surface area contributed by atoms with Crippen molar-refractivity contribution in [1.29, 1.82) is 0 Å². The first kappa shape index (κ1) is 16.5. The number of benzene rings is 2. The summed E-state index contributed by atoms with van der Waals surface area (Å²) in [5.74, 6) is 1.10. The van der Waals surface area contributed by atoms with Crippen molar-refractivity contribution >= 4 is 0 Å². The molecule has 4 heteroatoms. The highest BCUT2D eigenvalue weighted by Crippen LogP contribution is 2.39. The van der Waals surface area contributed by atoms with Gasteiger partial charge in [0.2, 0.25) is 0 Å². The predicted octanol–water partition coefficient (Wildman–Crippen LogP) is 4.74. The molecule has 2 atom stereocenters. The van der Waals surface area contributed by atoms with Crippen molar-refractivity contribution in [2.45, 2.75) is 31.7 Å². The van der Waals surface area contributed by atoms with Crippen molar-refractivity contribution < 1.29 is 13.5 Å². The zero-order chi connectivity index (χ0) is 17.2. The van der Waals surface area contributed by atoms with Gasteiger partial charge in [-0.3, -0.25) is 4.90 Å². The fourth-order valence-corrected chi connectivity index (χ4v) is 4.13. The number of halogens is 2. The second-order valence-electron chi connectivity index (χ2n) is 7.15. The van der Waals surface area contributed by atoms with Gasteiger partial charge in [-0.2, -0.15) is 0 Å². The summed E-state index contributed by atoms with van der Waals surface area (Å²) in [6.07, 6.45) is 4.18. The summed E-state index contributed by atoms with van der Waals surface area (Å²) in [6.45, 7) is 2.79. The van der Waals surface area contributed by atoms with Crippen LogP contribution in [0.25, 0.3) is 0 Å². The van der Waals surface area contributed by atoms with E-state index in [1.807, 2.05) is 12.1 Å². The Balaban J connectivity index is 1.38. The number of hydrogen-bond acceptors (Lipinski definition) is 2. The van der Waals surface area contributed by atoms with Crippen LogP contribution in [0.1, 0.15) is 36.4 Å². The predicted molar refractivity (Wildman–Crippen MR) is 93.7 cm³/mol. The third-order valence-corrected chi connectivity index (χ3v) is 5.49. The summed E-state index contributed by atoms with van der Waals surface area (Å²) >= 11 is 0. The van der Waals surface area contributed by atoms with Crippen molar-refractivity contribution in [3.05, 3.63) is 65.2 Å². The number of likely N-dealkylation sites (tertiary alicyclic amines) is 1. The number of rotatable bonds is 4. The lowest BCUT2D eigenvalue weighted by Gasteiger charge is -2.33. The van der Waals surface area contributed by atoms with Crippen molar-refractivity contribution in [2.24, 2.45) is 5.92 Å². The molecule has 2 aromatic carbocycles. The third-order valence-electron chi connectivity index (χ3n) is 5.49. The molecule has 0 aliphatic carbocycles. The van der Waals surface area contributed by atoms with E-state index in [2.05, 4.69) is 4.90 Å². The van der Waals surface area contributed by atoms with E-state index in [1.165, 1.54) is 30.2 Å². The zero-order valence-electron chi connectivity index (χ0n) is 14.3. The second-order valence-corrected chi connectivity index (χ2v) is 7.15. The van der Waals surface area contributed by atoms with Crippen molar-refractivity contribution in [3.63, 3.8) is 0 Å². The van der Waals surface area contributed by atoms with Crippen LogP contribution in [0.2, 0.25) is 0 Å². The average molecular weight is 343 g/mol. The maximum absolute atomic E-state index is 13.7. The van der Waals surface area contributed by atoms with E-state index in [4.69, 9.17) is 4.74 Å². The van der Waals surface area contributed by atoms with Crippen LogP contribution < -0.4 is 4.74 Å². The van der Waals surface area contributed by atoms with Gasteiger partial charge in [0.25, 0.3) is 0 Å². The minimum absolute atomic E-state index is 0.179. The molecule has 0 aromatic heterocycles. The Kier molecular flexibility index (Phi) is 4.71. The van der Waals surface area contributed by atoms with Gasteiger partial charge in [0, 0.05) is 24.6 Å². The highest BCUT2D eigenvalue weighted by atomic mass is 19.1. The highest BCUT2D eigenvalue weighted by molar-refractivity contribution is 5.38. The molecule has 2 aliphatic heterocycles. The maximum atomic E-state index is 13.7. The average Bonchev–Trinajstić information content (AvgIpc) is 3.09. The molecule has 25 heavy (non-hydrogen) atoms. The van der Waals surface area contributed by atoms with Crippen LogP contribution >= 0.6 is 0 Å². The molecule has 0 bridgehead atoms. The smallest absolute Gasteiger partial charge is 0.124 e. The molecule has 0 N–H and O–H groups in total. The molecule has 2 heterocycles. The van der Waals surface area contributed by atoms with Crippen LogP contribution in [0, 0.1) is 17.6 Å². The maximum Gasteiger partial charge on any atom is 0.124 e. The minimum atomic E-state index is -0.193. The van der Waals surface area contributed by atoms with Crippen LogP contribution in [0.5, 0.6) is 5.75 Å². The first-order valence-electron chi connectivity index (χ1n) is 9.10. The molecule has 132 valence electrons. The Morgan fingerprint density at radius 3 is 2.64 bits per heavy atom. The van der Waals surface area contributed by atoms with E-state index in [9.17, 15) is 8.78 Å². The van der Waals surface area contributed by atoms with Gasteiger partial charge in [0.05, 0.1) is 6.61 Å². The Morgan fingerprint density at radius 1 is 1.00 bits per heavy atom. The molecule has 1 saturated heterocycles.